The average molecular weight is 273 g/mol. The molecule has 1 aliphatic heterocycles. The average Bonchev–Trinajstić information content (AvgIpc) is 2.33. The number of hydrogen-bond donors (Lipinski definition) is 2. The second-order valence-corrected chi connectivity index (χ2v) is 5.71. The van der Waals surface area contributed by atoms with Crippen molar-refractivity contribution in [3.63, 3.8) is 0 Å². The molecule has 1 heterocycles. The second-order valence-electron chi connectivity index (χ2n) is 5.71. The quantitative estimate of drug-likeness (QED) is 0.692. The van der Waals surface area contributed by atoms with Crippen LogP contribution in [0.5, 0.6) is 0 Å². The molecule has 0 aromatic rings. The summed E-state index contributed by atoms with van der Waals surface area (Å²) in [6.45, 7) is 6.44. The maximum absolute atomic E-state index is 11.1. The zero-order valence-electron chi connectivity index (χ0n) is 12.4. The maximum Gasteiger partial charge on any atom is 0.323 e. The molecule has 0 aromatic heterocycles. The topological polar surface area (TPSA) is 67.8 Å². The van der Waals surface area contributed by atoms with Crippen molar-refractivity contribution in [2.24, 2.45) is 0 Å². The van der Waals surface area contributed by atoms with Crippen LogP contribution in [-0.4, -0.2) is 48.6 Å². The lowest BCUT2D eigenvalue weighted by Crippen LogP contribution is -2.47. The molecule has 3 atom stereocenters. The number of aliphatic carboxylic acids is 1. The first kappa shape index (κ1) is 16.4. The van der Waals surface area contributed by atoms with Crippen LogP contribution in [-0.2, 0) is 14.3 Å². The van der Waals surface area contributed by atoms with Crippen molar-refractivity contribution in [1.82, 2.24) is 5.32 Å². The number of likely N-dealkylation sites (N-methyl/N-ethyl adjacent to an activating group) is 1. The van der Waals surface area contributed by atoms with Crippen LogP contribution in [0.25, 0.3) is 0 Å². The summed E-state index contributed by atoms with van der Waals surface area (Å²) in [5.41, 5.74) is -0.861. The van der Waals surface area contributed by atoms with Crippen LogP contribution < -0.4 is 5.32 Å². The third-order valence-corrected chi connectivity index (χ3v) is 3.85. The van der Waals surface area contributed by atoms with Gasteiger partial charge in [-0.15, -0.1) is 0 Å². The highest BCUT2D eigenvalue weighted by molar-refractivity contribution is 5.78. The Labute approximate surface area is 115 Å². The van der Waals surface area contributed by atoms with Gasteiger partial charge in [-0.2, -0.15) is 0 Å². The smallest absolute Gasteiger partial charge is 0.323 e. The van der Waals surface area contributed by atoms with E-state index < -0.39 is 11.5 Å². The second kappa shape index (κ2) is 7.22. The van der Waals surface area contributed by atoms with Gasteiger partial charge < -0.3 is 19.9 Å². The van der Waals surface area contributed by atoms with Crippen molar-refractivity contribution in [2.75, 3.05) is 13.7 Å². The molecule has 1 fully saturated rings. The first-order chi connectivity index (χ1) is 8.87. The number of carboxylic acids is 1. The molecule has 0 radical (unpaired) electrons. The molecule has 0 bridgehead atoms. The molecular formula is C14H27NO4. The number of hydrogen-bond acceptors (Lipinski definition) is 4. The fraction of sp³-hybridized carbons (Fsp3) is 0.929. The SMILES string of the molecule is CNC(C)(CCCOC1CC(C)OC(C)C1)C(=O)O. The summed E-state index contributed by atoms with van der Waals surface area (Å²) in [4.78, 5) is 11.1. The zero-order valence-corrected chi connectivity index (χ0v) is 12.4. The molecule has 3 unspecified atom stereocenters. The molecule has 1 rings (SSSR count). The lowest BCUT2D eigenvalue weighted by Gasteiger charge is -2.32. The van der Waals surface area contributed by atoms with Crippen LogP contribution in [0.15, 0.2) is 0 Å². The van der Waals surface area contributed by atoms with Gasteiger partial charge in [0, 0.05) is 6.61 Å². The molecule has 0 saturated carbocycles. The molecular weight excluding hydrogens is 246 g/mol. The van der Waals surface area contributed by atoms with Crippen molar-refractivity contribution in [3.8, 4) is 0 Å². The highest BCUT2D eigenvalue weighted by Crippen LogP contribution is 2.22. The van der Waals surface area contributed by atoms with Crippen LogP contribution in [0.2, 0.25) is 0 Å². The minimum absolute atomic E-state index is 0.240. The monoisotopic (exact) mass is 273 g/mol. The Morgan fingerprint density at radius 2 is 2.00 bits per heavy atom. The van der Waals surface area contributed by atoms with E-state index in [-0.39, 0.29) is 18.3 Å². The van der Waals surface area contributed by atoms with Gasteiger partial charge >= 0.3 is 5.97 Å². The Hall–Kier alpha value is -0.650. The standard InChI is InChI=1S/C14H27NO4/c1-10-8-12(9-11(2)19-10)18-7-5-6-14(3,15-4)13(16)17/h10-12,15H,5-9H2,1-4H3,(H,16,17). The van der Waals surface area contributed by atoms with E-state index in [9.17, 15) is 4.79 Å². The van der Waals surface area contributed by atoms with E-state index in [2.05, 4.69) is 19.2 Å². The molecule has 5 nitrogen and oxygen atoms in total. The van der Waals surface area contributed by atoms with Gasteiger partial charge in [-0.3, -0.25) is 4.79 Å². The van der Waals surface area contributed by atoms with Gasteiger partial charge in [0.15, 0.2) is 0 Å². The largest absolute Gasteiger partial charge is 0.480 e. The van der Waals surface area contributed by atoms with E-state index in [1.54, 1.807) is 14.0 Å². The van der Waals surface area contributed by atoms with Gasteiger partial charge in [0.2, 0.25) is 0 Å². The summed E-state index contributed by atoms with van der Waals surface area (Å²) in [5, 5.41) is 12.0. The predicted molar refractivity (Wildman–Crippen MR) is 73.3 cm³/mol. The van der Waals surface area contributed by atoms with Gasteiger partial charge in [0.05, 0.1) is 18.3 Å². The number of carbonyl (C=O) groups is 1. The molecule has 1 saturated heterocycles. The molecule has 0 aromatic carbocycles. The Balaban J connectivity index is 2.25. The van der Waals surface area contributed by atoms with E-state index in [4.69, 9.17) is 14.6 Å². The van der Waals surface area contributed by atoms with Crippen LogP contribution in [0.1, 0.15) is 46.5 Å². The highest BCUT2D eigenvalue weighted by atomic mass is 16.5. The lowest BCUT2D eigenvalue weighted by atomic mass is 9.96. The summed E-state index contributed by atoms with van der Waals surface area (Å²) >= 11 is 0. The Kier molecular flexibility index (Phi) is 6.23. The first-order valence-corrected chi connectivity index (χ1v) is 7.06. The summed E-state index contributed by atoms with van der Waals surface area (Å²) in [6, 6.07) is 0. The van der Waals surface area contributed by atoms with Crippen molar-refractivity contribution in [2.45, 2.75) is 70.3 Å². The fourth-order valence-electron chi connectivity index (χ4n) is 2.50. The third kappa shape index (κ3) is 5.09. The predicted octanol–water partition coefficient (Wildman–Crippen LogP) is 1.80. The Morgan fingerprint density at radius 1 is 1.42 bits per heavy atom. The van der Waals surface area contributed by atoms with Gasteiger partial charge in [-0.25, -0.2) is 0 Å². The van der Waals surface area contributed by atoms with E-state index >= 15 is 0 Å². The minimum Gasteiger partial charge on any atom is -0.480 e. The molecule has 0 spiro atoms. The molecule has 19 heavy (non-hydrogen) atoms. The van der Waals surface area contributed by atoms with Gasteiger partial charge in [-0.05, 0) is 53.5 Å². The van der Waals surface area contributed by atoms with Gasteiger partial charge in [-0.1, -0.05) is 0 Å². The van der Waals surface area contributed by atoms with E-state index in [1.165, 1.54) is 0 Å². The molecule has 5 heteroatoms. The molecule has 0 amide bonds. The minimum atomic E-state index is -0.861. The number of rotatable bonds is 7. The maximum atomic E-state index is 11.1. The molecule has 2 N–H and O–H groups in total. The van der Waals surface area contributed by atoms with Crippen molar-refractivity contribution in [3.05, 3.63) is 0 Å². The summed E-state index contributed by atoms with van der Waals surface area (Å²) in [7, 11) is 1.68. The molecule has 1 aliphatic rings. The first-order valence-electron chi connectivity index (χ1n) is 7.06. The number of carboxylic acid groups (broad SMARTS) is 1. The summed E-state index contributed by atoms with van der Waals surface area (Å²) in [5.74, 6) is -0.816. The van der Waals surface area contributed by atoms with Crippen LogP contribution in [0.3, 0.4) is 0 Å². The van der Waals surface area contributed by atoms with Gasteiger partial charge in [0.1, 0.15) is 5.54 Å². The number of nitrogens with one attached hydrogen (secondary N) is 1. The zero-order chi connectivity index (χ0) is 14.5. The van der Waals surface area contributed by atoms with Crippen molar-refractivity contribution < 1.29 is 19.4 Å². The highest BCUT2D eigenvalue weighted by Gasteiger charge is 2.30. The van der Waals surface area contributed by atoms with Crippen molar-refractivity contribution >= 4 is 5.97 Å². The lowest BCUT2D eigenvalue weighted by molar-refractivity contribution is -0.144. The number of ether oxygens (including phenoxy) is 2. The molecule has 112 valence electrons. The fourth-order valence-corrected chi connectivity index (χ4v) is 2.50. The third-order valence-electron chi connectivity index (χ3n) is 3.85. The Morgan fingerprint density at radius 3 is 2.47 bits per heavy atom. The van der Waals surface area contributed by atoms with E-state index in [1.807, 2.05) is 0 Å². The normalized spacial score (nSPS) is 30.8. The van der Waals surface area contributed by atoms with Crippen molar-refractivity contribution in [1.29, 1.82) is 0 Å². The van der Waals surface area contributed by atoms with E-state index in [0.717, 1.165) is 19.3 Å². The van der Waals surface area contributed by atoms with E-state index in [0.29, 0.717) is 13.0 Å². The van der Waals surface area contributed by atoms with Crippen LogP contribution in [0, 0.1) is 0 Å². The summed E-state index contributed by atoms with van der Waals surface area (Å²) < 4.78 is 11.5. The Bertz CT molecular complexity index is 287. The van der Waals surface area contributed by atoms with Gasteiger partial charge in [0.25, 0.3) is 0 Å². The van der Waals surface area contributed by atoms with Crippen LogP contribution in [0.4, 0.5) is 0 Å². The summed E-state index contributed by atoms with van der Waals surface area (Å²) in [6.07, 6.45) is 3.88. The molecule has 0 aliphatic carbocycles. The van der Waals surface area contributed by atoms with Crippen LogP contribution >= 0.6 is 0 Å².